The van der Waals surface area contributed by atoms with Crippen molar-refractivity contribution in [2.75, 3.05) is 31.1 Å². The van der Waals surface area contributed by atoms with Gasteiger partial charge in [0.05, 0.1) is 23.6 Å². The van der Waals surface area contributed by atoms with E-state index in [9.17, 15) is 0 Å². The number of aromatic nitrogens is 3. The number of anilines is 1. The van der Waals surface area contributed by atoms with E-state index < -0.39 is 0 Å². The highest BCUT2D eigenvalue weighted by Crippen LogP contribution is 2.16. The van der Waals surface area contributed by atoms with E-state index in [1.165, 1.54) is 0 Å². The molecule has 0 aromatic carbocycles. The zero-order valence-corrected chi connectivity index (χ0v) is 12.6. The van der Waals surface area contributed by atoms with Gasteiger partial charge < -0.3 is 4.90 Å². The van der Waals surface area contributed by atoms with E-state index in [0.29, 0.717) is 5.15 Å². The molecule has 3 rings (SSSR count). The second-order valence-corrected chi connectivity index (χ2v) is 5.90. The van der Waals surface area contributed by atoms with Crippen LogP contribution in [0.1, 0.15) is 12.1 Å². The van der Waals surface area contributed by atoms with Crippen LogP contribution in [0.15, 0.2) is 23.3 Å². The number of halogens is 1. The van der Waals surface area contributed by atoms with Crippen LogP contribution >= 0.6 is 22.9 Å². The SMILES string of the molecule is Clc1cncc(N2CCCN(Cc3cscn3)CC2)n1. The Bertz CT molecular complexity index is 547. The van der Waals surface area contributed by atoms with Gasteiger partial charge in [0.15, 0.2) is 0 Å². The van der Waals surface area contributed by atoms with Crippen molar-refractivity contribution in [3.05, 3.63) is 34.1 Å². The largest absolute Gasteiger partial charge is 0.354 e. The third kappa shape index (κ3) is 3.45. The van der Waals surface area contributed by atoms with E-state index in [1.54, 1.807) is 23.7 Å². The Morgan fingerprint density at radius 2 is 2.15 bits per heavy atom. The molecule has 0 aliphatic carbocycles. The van der Waals surface area contributed by atoms with Crippen LogP contribution in [0.5, 0.6) is 0 Å². The first kappa shape index (κ1) is 13.7. The van der Waals surface area contributed by atoms with Crippen molar-refractivity contribution in [3.63, 3.8) is 0 Å². The highest BCUT2D eigenvalue weighted by Gasteiger charge is 2.17. The summed E-state index contributed by atoms with van der Waals surface area (Å²) < 4.78 is 0. The van der Waals surface area contributed by atoms with Gasteiger partial charge in [0, 0.05) is 38.1 Å². The lowest BCUT2D eigenvalue weighted by atomic mass is 10.3. The average molecular weight is 310 g/mol. The molecule has 3 heterocycles. The van der Waals surface area contributed by atoms with Gasteiger partial charge in [-0.05, 0) is 6.42 Å². The fourth-order valence-corrected chi connectivity index (χ4v) is 3.08. The minimum Gasteiger partial charge on any atom is -0.354 e. The first-order chi connectivity index (χ1) is 9.81. The number of nitrogens with zero attached hydrogens (tertiary/aromatic N) is 5. The van der Waals surface area contributed by atoms with E-state index in [0.717, 1.165) is 50.7 Å². The van der Waals surface area contributed by atoms with Crippen LogP contribution in [0, 0.1) is 0 Å². The normalized spacial score (nSPS) is 17.1. The summed E-state index contributed by atoms with van der Waals surface area (Å²) in [6, 6.07) is 0. The summed E-state index contributed by atoms with van der Waals surface area (Å²) in [5.41, 5.74) is 3.05. The third-order valence-corrected chi connectivity index (χ3v) is 4.19. The van der Waals surface area contributed by atoms with Crippen molar-refractivity contribution in [3.8, 4) is 0 Å². The molecule has 1 saturated heterocycles. The third-order valence-electron chi connectivity index (χ3n) is 3.37. The molecule has 0 saturated carbocycles. The Balaban J connectivity index is 1.62. The fourth-order valence-electron chi connectivity index (χ4n) is 2.39. The Hall–Kier alpha value is -1.24. The average Bonchev–Trinajstić information content (AvgIpc) is 2.84. The van der Waals surface area contributed by atoms with Gasteiger partial charge in [-0.3, -0.25) is 9.88 Å². The molecule has 20 heavy (non-hydrogen) atoms. The second kappa shape index (κ2) is 6.47. The summed E-state index contributed by atoms with van der Waals surface area (Å²) in [6.45, 7) is 4.95. The molecule has 0 unspecified atom stereocenters. The molecular weight excluding hydrogens is 294 g/mol. The summed E-state index contributed by atoms with van der Waals surface area (Å²) in [4.78, 5) is 17.5. The first-order valence-electron chi connectivity index (χ1n) is 6.63. The molecule has 0 N–H and O–H groups in total. The number of rotatable bonds is 3. The van der Waals surface area contributed by atoms with Crippen molar-refractivity contribution in [1.29, 1.82) is 0 Å². The molecule has 0 radical (unpaired) electrons. The van der Waals surface area contributed by atoms with E-state index >= 15 is 0 Å². The summed E-state index contributed by atoms with van der Waals surface area (Å²) in [5.74, 6) is 0.869. The second-order valence-electron chi connectivity index (χ2n) is 4.80. The lowest BCUT2D eigenvalue weighted by Crippen LogP contribution is -2.31. The molecular formula is C13H16ClN5S. The summed E-state index contributed by atoms with van der Waals surface area (Å²) >= 11 is 7.56. The van der Waals surface area contributed by atoms with Gasteiger partial charge in [-0.2, -0.15) is 0 Å². The van der Waals surface area contributed by atoms with E-state index in [-0.39, 0.29) is 0 Å². The van der Waals surface area contributed by atoms with Crippen LogP contribution < -0.4 is 4.90 Å². The highest BCUT2D eigenvalue weighted by molar-refractivity contribution is 7.07. The lowest BCUT2D eigenvalue weighted by Gasteiger charge is -2.22. The lowest BCUT2D eigenvalue weighted by molar-refractivity contribution is 0.282. The van der Waals surface area contributed by atoms with Crippen molar-refractivity contribution >= 4 is 28.8 Å². The fraction of sp³-hybridized carbons (Fsp3) is 0.462. The van der Waals surface area contributed by atoms with E-state index in [4.69, 9.17) is 11.6 Å². The summed E-state index contributed by atoms with van der Waals surface area (Å²) in [6.07, 6.45) is 4.46. The highest BCUT2D eigenvalue weighted by atomic mass is 35.5. The Labute approximate surface area is 127 Å². The number of hydrogen-bond acceptors (Lipinski definition) is 6. The van der Waals surface area contributed by atoms with Crippen LogP contribution in [0.2, 0.25) is 5.15 Å². The topological polar surface area (TPSA) is 45.2 Å². The molecule has 2 aromatic rings. The molecule has 0 atom stereocenters. The van der Waals surface area contributed by atoms with Gasteiger partial charge >= 0.3 is 0 Å². The molecule has 0 amide bonds. The van der Waals surface area contributed by atoms with Crippen molar-refractivity contribution < 1.29 is 0 Å². The predicted molar refractivity (Wildman–Crippen MR) is 81.3 cm³/mol. The molecule has 0 bridgehead atoms. The predicted octanol–water partition coefficient (Wildman–Crippen LogP) is 2.30. The standard InChI is InChI=1S/C13H16ClN5S/c14-12-6-15-7-13(17-12)19-3-1-2-18(4-5-19)8-11-9-20-10-16-11/h6-7,9-10H,1-5,8H2. The van der Waals surface area contributed by atoms with Crippen LogP contribution in [0.3, 0.4) is 0 Å². The first-order valence-corrected chi connectivity index (χ1v) is 7.95. The molecule has 2 aromatic heterocycles. The van der Waals surface area contributed by atoms with Gasteiger partial charge in [-0.15, -0.1) is 11.3 Å². The van der Waals surface area contributed by atoms with Crippen molar-refractivity contribution in [2.45, 2.75) is 13.0 Å². The number of hydrogen-bond donors (Lipinski definition) is 0. The summed E-state index contributed by atoms with van der Waals surface area (Å²) in [5, 5.41) is 2.57. The maximum atomic E-state index is 5.91. The minimum atomic E-state index is 0.450. The molecule has 0 spiro atoms. The maximum absolute atomic E-state index is 5.91. The van der Waals surface area contributed by atoms with Crippen LogP contribution in [0.4, 0.5) is 5.82 Å². The zero-order chi connectivity index (χ0) is 13.8. The Morgan fingerprint density at radius 3 is 2.95 bits per heavy atom. The van der Waals surface area contributed by atoms with Gasteiger partial charge in [0.1, 0.15) is 11.0 Å². The van der Waals surface area contributed by atoms with E-state index in [2.05, 4.69) is 30.1 Å². The van der Waals surface area contributed by atoms with Gasteiger partial charge in [-0.1, -0.05) is 11.6 Å². The zero-order valence-electron chi connectivity index (χ0n) is 11.1. The molecule has 7 heteroatoms. The molecule has 1 aliphatic rings. The smallest absolute Gasteiger partial charge is 0.149 e. The Kier molecular flexibility index (Phi) is 4.44. The Morgan fingerprint density at radius 1 is 1.20 bits per heavy atom. The van der Waals surface area contributed by atoms with Crippen molar-refractivity contribution in [1.82, 2.24) is 19.9 Å². The van der Waals surface area contributed by atoms with Crippen molar-refractivity contribution in [2.24, 2.45) is 0 Å². The molecule has 1 aliphatic heterocycles. The van der Waals surface area contributed by atoms with Crippen LogP contribution in [-0.4, -0.2) is 46.0 Å². The van der Waals surface area contributed by atoms with Gasteiger partial charge in [-0.25, -0.2) is 9.97 Å². The van der Waals surface area contributed by atoms with Gasteiger partial charge in [0.2, 0.25) is 0 Å². The quantitative estimate of drug-likeness (QED) is 0.870. The minimum absolute atomic E-state index is 0.450. The monoisotopic (exact) mass is 309 g/mol. The molecule has 5 nitrogen and oxygen atoms in total. The molecule has 1 fully saturated rings. The van der Waals surface area contributed by atoms with Gasteiger partial charge in [0.25, 0.3) is 0 Å². The summed E-state index contributed by atoms with van der Waals surface area (Å²) in [7, 11) is 0. The number of thiazole rings is 1. The van der Waals surface area contributed by atoms with Crippen LogP contribution in [0.25, 0.3) is 0 Å². The maximum Gasteiger partial charge on any atom is 0.149 e. The molecule has 106 valence electrons. The van der Waals surface area contributed by atoms with E-state index in [1.807, 2.05) is 5.51 Å². The van der Waals surface area contributed by atoms with Crippen LogP contribution in [-0.2, 0) is 6.54 Å².